The molecule has 2 aliphatic rings. The number of methoxy groups -OCH3 is 1. The molecule has 0 aromatic heterocycles. The molecule has 3 N–H and O–H groups in total. The lowest BCUT2D eigenvalue weighted by molar-refractivity contribution is -0.134. The van der Waals surface area contributed by atoms with Crippen molar-refractivity contribution in [3.63, 3.8) is 0 Å². The maximum atomic E-state index is 12.6. The van der Waals surface area contributed by atoms with Gasteiger partial charge in [-0.25, -0.2) is 4.99 Å². The molecule has 1 saturated carbocycles. The number of halogens is 1. The zero-order valence-corrected chi connectivity index (χ0v) is 21.4. The molecule has 3 rings (SSSR count). The van der Waals surface area contributed by atoms with Gasteiger partial charge in [-0.3, -0.25) is 9.59 Å². The fourth-order valence-electron chi connectivity index (χ4n) is 4.17. The van der Waals surface area contributed by atoms with E-state index in [2.05, 4.69) is 20.9 Å². The molecule has 2 fully saturated rings. The molecular formula is C23H36IN5O3. The predicted octanol–water partition coefficient (Wildman–Crippen LogP) is 2.28. The molecular weight excluding hydrogens is 521 g/mol. The van der Waals surface area contributed by atoms with E-state index in [-0.39, 0.29) is 48.4 Å². The van der Waals surface area contributed by atoms with Crippen LogP contribution in [0.2, 0.25) is 0 Å². The SMILES string of the molecule is CCNC(=NCC(=O)NCc1ccc(OC)cc1)NC1CCN(C(=O)C2CCCC2)C1.I. The lowest BCUT2D eigenvalue weighted by atomic mass is 10.1. The summed E-state index contributed by atoms with van der Waals surface area (Å²) < 4.78 is 5.14. The average molecular weight is 557 g/mol. The third kappa shape index (κ3) is 7.83. The van der Waals surface area contributed by atoms with E-state index in [1.54, 1.807) is 7.11 Å². The van der Waals surface area contributed by atoms with Crippen molar-refractivity contribution in [2.75, 3.05) is 33.3 Å². The predicted molar refractivity (Wildman–Crippen MR) is 136 cm³/mol. The van der Waals surface area contributed by atoms with Crippen molar-refractivity contribution < 1.29 is 14.3 Å². The first kappa shape index (κ1) is 26.2. The normalized spacial score (nSPS) is 18.8. The van der Waals surface area contributed by atoms with Gasteiger partial charge < -0.3 is 25.6 Å². The van der Waals surface area contributed by atoms with Crippen molar-refractivity contribution in [1.29, 1.82) is 0 Å². The fourth-order valence-corrected chi connectivity index (χ4v) is 4.17. The maximum absolute atomic E-state index is 12.6. The average Bonchev–Trinajstić information content (AvgIpc) is 3.48. The van der Waals surface area contributed by atoms with Gasteiger partial charge in [0.1, 0.15) is 12.3 Å². The quantitative estimate of drug-likeness (QED) is 0.259. The molecule has 1 aromatic rings. The zero-order valence-electron chi connectivity index (χ0n) is 19.1. The van der Waals surface area contributed by atoms with Gasteiger partial charge in [0.05, 0.1) is 7.11 Å². The van der Waals surface area contributed by atoms with Gasteiger partial charge in [-0.1, -0.05) is 25.0 Å². The van der Waals surface area contributed by atoms with Crippen molar-refractivity contribution in [1.82, 2.24) is 20.9 Å². The minimum absolute atomic E-state index is 0. The Morgan fingerprint density at radius 2 is 1.84 bits per heavy atom. The zero-order chi connectivity index (χ0) is 22.1. The van der Waals surface area contributed by atoms with Gasteiger partial charge in [0.15, 0.2) is 5.96 Å². The Balaban J connectivity index is 0.00000363. The van der Waals surface area contributed by atoms with Crippen molar-refractivity contribution >= 4 is 41.8 Å². The molecule has 2 amide bonds. The first-order valence-corrected chi connectivity index (χ1v) is 11.3. The Morgan fingerprint density at radius 3 is 2.50 bits per heavy atom. The van der Waals surface area contributed by atoms with Crippen molar-refractivity contribution in [3.8, 4) is 5.75 Å². The Kier molecular flexibility index (Phi) is 11.1. The molecule has 1 aliphatic heterocycles. The van der Waals surface area contributed by atoms with Crippen LogP contribution in [0, 0.1) is 5.92 Å². The summed E-state index contributed by atoms with van der Waals surface area (Å²) in [5.41, 5.74) is 1.00. The number of hydrogen-bond donors (Lipinski definition) is 3. The smallest absolute Gasteiger partial charge is 0.242 e. The molecule has 1 saturated heterocycles. The van der Waals surface area contributed by atoms with Gasteiger partial charge >= 0.3 is 0 Å². The highest BCUT2D eigenvalue weighted by Crippen LogP contribution is 2.27. The highest BCUT2D eigenvalue weighted by molar-refractivity contribution is 14.0. The van der Waals surface area contributed by atoms with E-state index < -0.39 is 0 Å². The molecule has 1 aliphatic carbocycles. The largest absolute Gasteiger partial charge is 0.497 e. The van der Waals surface area contributed by atoms with E-state index in [9.17, 15) is 9.59 Å². The van der Waals surface area contributed by atoms with Gasteiger partial charge in [0, 0.05) is 38.1 Å². The number of carbonyl (C=O) groups excluding carboxylic acids is 2. The van der Waals surface area contributed by atoms with Crippen LogP contribution in [0.15, 0.2) is 29.3 Å². The molecule has 0 bridgehead atoms. The number of amides is 2. The van der Waals surface area contributed by atoms with Crippen molar-refractivity contribution in [3.05, 3.63) is 29.8 Å². The number of likely N-dealkylation sites (tertiary alicyclic amines) is 1. The molecule has 0 spiro atoms. The third-order valence-electron chi connectivity index (χ3n) is 5.92. The second-order valence-electron chi connectivity index (χ2n) is 8.22. The van der Waals surface area contributed by atoms with E-state index in [0.29, 0.717) is 31.5 Å². The molecule has 1 unspecified atom stereocenters. The third-order valence-corrected chi connectivity index (χ3v) is 5.92. The molecule has 0 radical (unpaired) electrons. The minimum Gasteiger partial charge on any atom is -0.497 e. The molecule has 32 heavy (non-hydrogen) atoms. The summed E-state index contributed by atoms with van der Waals surface area (Å²) in [7, 11) is 1.63. The number of carbonyl (C=O) groups is 2. The molecule has 1 aromatic carbocycles. The number of nitrogens with zero attached hydrogens (tertiary/aromatic N) is 2. The van der Waals surface area contributed by atoms with Gasteiger partial charge in [-0.05, 0) is 43.9 Å². The summed E-state index contributed by atoms with van der Waals surface area (Å²) in [5, 5.41) is 9.46. The topological polar surface area (TPSA) is 95.1 Å². The molecule has 178 valence electrons. The number of ether oxygens (including phenoxy) is 1. The highest BCUT2D eigenvalue weighted by Gasteiger charge is 2.32. The Labute approximate surface area is 208 Å². The molecule has 1 atom stereocenters. The highest BCUT2D eigenvalue weighted by atomic mass is 127. The number of nitrogens with one attached hydrogen (secondary N) is 3. The summed E-state index contributed by atoms with van der Waals surface area (Å²) in [6, 6.07) is 7.74. The van der Waals surface area contributed by atoms with Gasteiger partial charge in [0.25, 0.3) is 0 Å². The molecule has 8 nitrogen and oxygen atoms in total. The summed E-state index contributed by atoms with van der Waals surface area (Å²) in [6.45, 7) is 4.67. The van der Waals surface area contributed by atoms with Crippen LogP contribution in [0.25, 0.3) is 0 Å². The fraction of sp³-hybridized carbons (Fsp3) is 0.609. The second kappa shape index (κ2) is 13.5. The second-order valence-corrected chi connectivity index (χ2v) is 8.22. The lowest BCUT2D eigenvalue weighted by Crippen LogP contribution is -2.46. The lowest BCUT2D eigenvalue weighted by Gasteiger charge is -2.21. The van der Waals surface area contributed by atoms with E-state index in [4.69, 9.17) is 4.74 Å². The van der Waals surface area contributed by atoms with Gasteiger partial charge in [-0.2, -0.15) is 0 Å². The number of benzene rings is 1. The number of hydrogen-bond acceptors (Lipinski definition) is 4. The number of aliphatic imine (C=N–C) groups is 1. The number of rotatable bonds is 8. The minimum atomic E-state index is -0.141. The number of guanidine groups is 1. The Morgan fingerprint density at radius 1 is 1.12 bits per heavy atom. The van der Waals surface area contributed by atoms with Crippen LogP contribution in [-0.2, 0) is 16.1 Å². The summed E-state index contributed by atoms with van der Waals surface area (Å²) in [5.74, 6) is 1.79. The van der Waals surface area contributed by atoms with Crippen LogP contribution < -0.4 is 20.7 Å². The first-order chi connectivity index (χ1) is 15.1. The van der Waals surface area contributed by atoms with Crippen molar-refractivity contribution in [2.45, 2.75) is 51.6 Å². The molecule has 1 heterocycles. The summed E-state index contributed by atoms with van der Waals surface area (Å²) >= 11 is 0. The standard InChI is InChI=1S/C23H35N5O3.HI/c1-3-24-23(26-15-21(29)25-14-17-8-10-20(31-2)11-9-17)27-19-12-13-28(16-19)22(30)18-6-4-5-7-18;/h8-11,18-19H,3-7,12-16H2,1-2H3,(H,25,29)(H2,24,26,27);1H. The summed E-state index contributed by atoms with van der Waals surface area (Å²) in [6.07, 6.45) is 5.30. The van der Waals surface area contributed by atoms with Crippen molar-refractivity contribution in [2.24, 2.45) is 10.9 Å². The Hall–Kier alpha value is -2.04. The van der Waals surface area contributed by atoms with Crippen LogP contribution in [-0.4, -0.2) is 62.0 Å². The molecule has 9 heteroatoms. The van der Waals surface area contributed by atoms with Gasteiger partial charge in [-0.15, -0.1) is 24.0 Å². The van der Waals surface area contributed by atoms with Gasteiger partial charge in [0.2, 0.25) is 11.8 Å². The first-order valence-electron chi connectivity index (χ1n) is 11.3. The van der Waals surface area contributed by atoms with Crippen LogP contribution >= 0.6 is 24.0 Å². The maximum Gasteiger partial charge on any atom is 0.242 e. The van der Waals surface area contributed by atoms with E-state index >= 15 is 0 Å². The van der Waals surface area contributed by atoms with E-state index in [0.717, 1.165) is 37.1 Å². The van der Waals surface area contributed by atoms with E-state index in [1.807, 2.05) is 36.1 Å². The van der Waals surface area contributed by atoms with E-state index in [1.165, 1.54) is 12.8 Å². The van der Waals surface area contributed by atoms with Crippen LogP contribution in [0.4, 0.5) is 0 Å². The van der Waals surface area contributed by atoms with Crippen LogP contribution in [0.5, 0.6) is 5.75 Å². The summed E-state index contributed by atoms with van der Waals surface area (Å²) in [4.78, 5) is 31.3. The van der Waals surface area contributed by atoms with Crippen LogP contribution in [0.1, 0.15) is 44.6 Å². The monoisotopic (exact) mass is 557 g/mol. The Bertz CT molecular complexity index is 765. The van der Waals surface area contributed by atoms with Crippen LogP contribution in [0.3, 0.4) is 0 Å².